The summed E-state index contributed by atoms with van der Waals surface area (Å²) < 4.78 is 38.2. The molecule has 7 nitrogen and oxygen atoms in total. The first-order valence-corrected chi connectivity index (χ1v) is 11.7. The van der Waals surface area contributed by atoms with Gasteiger partial charge in [0, 0.05) is 30.6 Å². The van der Waals surface area contributed by atoms with Crippen molar-refractivity contribution in [2.45, 2.75) is 38.5 Å². The highest BCUT2D eigenvalue weighted by Crippen LogP contribution is 2.38. The molecule has 1 N–H and O–H groups in total. The summed E-state index contributed by atoms with van der Waals surface area (Å²) in [4.78, 5) is 12.0. The quantitative estimate of drug-likeness (QED) is 0.401. The van der Waals surface area contributed by atoms with E-state index in [1.54, 1.807) is 44.3 Å². The van der Waals surface area contributed by atoms with Gasteiger partial charge in [0.15, 0.2) is 11.6 Å². The Hall–Kier alpha value is -3.43. The van der Waals surface area contributed by atoms with E-state index < -0.39 is 22.7 Å². The van der Waals surface area contributed by atoms with Gasteiger partial charge in [0.25, 0.3) is 0 Å². The first kappa shape index (κ1) is 25.7. The van der Waals surface area contributed by atoms with Crippen LogP contribution in [0.5, 0.6) is 5.75 Å². The number of alkyl halides is 1. The summed E-state index contributed by atoms with van der Waals surface area (Å²) in [6.45, 7) is 5.61. The third kappa shape index (κ3) is 5.37. The number of hydrogen-bond acceptors (Lipinski definition) is 7. The molecule has 0 bridgehead atoms. The van der Waals surface area contributed by atoms with Crippen LogP contribution in [0.15, 0.2) is 72.1 Å². The van der Waals surface area contributed by atoms with Crippen molar-refractivity contribution in [1.29, 1.82) is 0 Å². The molecule has 0 aromatic carbocycles. The van der Waals surface area contributed by atoms with E-state index in [4.69, 9.17) is 21.1 Å². The molecule has 2 aromatic rings. The van der Waals surface area contributed by atoms with Crippen LogP contribution in [0.25, 0.3) is 0 Å². The molecular formula is C26H27ClF2N4O3. The fourth-order valence-corrected chi connectivity index (χ4v) is 4.43. The average Bonchev–Trinajstić information content (AvgIpc) is 2.82. The maximum absolute atomic E-state index is 13.9. The minimum Gasteiger partial charge on any atom is -0.493 e. The molecule has 0 radical (unpaired) electrons. The fourth-order valence-electron chi connectivity index (χ4n) is 3.92. The maximum atomic E-state index is 13.9. The highest BCUT2D eigenvalue weighted by atomic mass is 35.5. The monoisotopic (exact) mass is 516 g/mol. The zero-order valence-corrected chi connectivity index (χ0v) is 21.1. The Kier molecular flexibility index (Phi) is 7.33. The molecule has 190 valence electrons. The van der Waals surface area contributed by atoms with Crippen LogP contribution < -0.4 is 14.5 Å². The van der Waals surface area contributed by atoms with Crippen molar-refractivity contribution in [2.75, 3.05) is 23.5 Å². The van der Waals surface area contributed by atoms with E-state index in [9.17, 15) is 13.9 Å². The predicted octanol–water partition coefficient (Wildman–Crippen LogP) is 5.18. The second-order valence-electron chi connectivity index (χ2n) is 8.85. The van der Waals surface area contributed by atoms with Gasteiger partial charge in [-0.25, -0.2) is 13.8 Å². The molecule has 0 aliphatic carbocycles. The Balaban J connectivity index is 1.54. The number of aliphatic hydroxyl groups is 1. The van der Waals surface area contributed by atoms with Crippen molar-refractivity contribution in [3.8, 4) is 5.75 Å². The van der Waals surface area contributed by atoms with Crippen LogP contribution in [-0.2, 0) is 11.3 Å². The number of ether oxygens (including phenoxy) is 2. The second kappa shape index (κ2) is 10.3. The molecule has 36 heavy (non-hydrogen) atoms. The third-order valence-corrected chi connectivity index (χ3v) is 6.29. The zero-order chi connectivity index (χ0) is 26.0. The molecule has 0 amide bonds. The fraction of sp³-hybridized carbons (Fsp3) is 0.308. The predicted molar refractivity (Wildman–Crippen MR) is 135 cm³/mol. The molecule has 1 unspecified atom stereocenters. The molecule has 0 saturated heterocycles. The Labute approximate surface area is 213 Å². The molecule has 4 heterocycles. The lowest BCUT2D eigenvalue weighted by Crippen LogP contribution is -2.39. The summed E-state index contributed by atoms with van der Waals surface area (Å²) in [6.07, 6.45) is 11.6. The minimum atomic E-state index is -1.09. The lowest BCUT2D eigenvalue weighted by molar-refractivity contribution is 0.116. The van der Waals surface area contributed by atoms with E-state index in [0.29, 0.717) is 29.4 Å². The number of halogens is 3. The minimum absolute atomic E-state index is 0.0240. The van der Waals surface area contributed by atoms with Crippen molar-refractivity contribution in [2.24, 2.45) is 0 Å². The highest BCUT2D eigenvalue weighted by molar-refractivity contribution is 6.24. The van der Waals surface area contributed by atoms with Crippen LogP contribution >= 0.6 is 11.6 Å². The van der Waals surface area contributed by atoms with Crippen LogP contribution in [0.1, 0.15) is 26.5 Å². The number of aromatic nitrogens is 2. The molecule has 1 atom stereocenters. The van der Waals surface area contributed by atoms with Gasteiger partial charge in [0.05, 0.1) is 30.8 Å². The summed E-state index contributed by atoms with van der Waals surface area (Å²) in [6, 6.07) is 2.64. The Morgan fingerprint density at radius 1 is 1.22 bits per heavy atom. The molecule has 2 aromatic heterocycles. The Bertz CT molecular complexity index is 1270. The molecule has 2 aliphatic heterocycles. The number of anilines is 2. The summed E-state index contributed by atoms with van der Waals surface area (Å²) in [7, 11) is 1.57. The summed E-state index contributed by atoms with van der Waals surface area (Å²) in [5.74, 6) is 0.191. The van der Waals surface area contributed by atoms with Gasteiger partial charge in [0.2, 0.25) is 0 Å². The van der Waals surface area contributed by atoms with Crippen LogP contribution in [0.3, 0.4) is 0 Å². The van der Waals surface area contributed by atoms with E-state index in [1.807, 2.05) is 36.1 Å². The molecule has 0 fully saturated rings. The molecule has 0 spiro atoms. The Morgan fingerprint density at radius 3 is 2.67 bits per heavy atom. The van der Waals surface area contributed by atoms with E-state index in [2.05, 4.69) is 9.97 Å². The summed E-state index contributed by atoms with van der Waals surface area (Å²) >= 11 is 6.70. The van der Waals surface area contributed by atoms with Crippen LogP contribution in [0.4, 0.5) is 20.3 Å². The van der Waals surface area contributed by atoms with Gasteiger partial charge in [-0.1, -0.05) is 17.7 Å². The van der Waals surface area contributed by atoms with E-state index in [0.717, 1.165) is 23.6 Å². The molecule has 2 aliphatic rings. The summed E-state index contributed by atoms with van der Waals surface area (Å²) in [5.41, 5.74) is 0.568. The topological polar surface area (TPSA) is 71.0 Å². The van der Waals surface area contributed by atoms with E-state index in [1.165, 1.54) is 0 Å². The molecule has 10 heteroatoms. The highest BCUT2D eigenvalue weighted by Gasteiger charge is 2.32. The number of hydrogen-bond donors (Lipinski definition) is 1. The average molecular weight is 517 g/mol. The standard InChI is InChI=1S/C26H27ClF2N4O3/c1-16-10-18(36-15-21-20(29)11-17(28)13-30-21)7-9-32(16)22-12-24(31-14-23(22)35-4)33-8-5-6-19(25(33)27)26(2,3)34/h5-8,10-14,25,34H,9,15H2,1-4H3. The van der Waals surface area contributed by atoms with Gasteiger partial charge in [0.1, 0.15) is 35.2 Å². The van der Waals surface area contributed by atoms with Crippen LogP contribution in [0, 0.1) is 11.6 Å². The van der Waals surface area contributed by atoms with Crippen molar-refractivity contribution in [3.63, 3.8) is 0 Å². The van der Waals surface area contributed by atoms with Crippen LogP contribution in [-0.4, -0.2) is 39.8 Å². The van der Waals surface area contributed by atoms with Gasteiger partial charge in [-0.3, -0.25) is 4.98 Å². The van der Waals surface area contributed by atoms with Gasteiger partial charge < -0.3 is 24.4 Å². The third-order valence-electron chi connectivity index (χ3n) is 5.85. The summed E-state index contributed by atoms with van der Waals surface area (Å²) in [5, 5.41) is 10.5. The van der Waals surface area contributed by atoms with Gasteiger partial charge >= 0.3 is 0 Å². The van der Waals surface area contributed by atoms with Crippen molar-refractivity contribution >= 4 is 23.1 Å². The first-order valence-electron chi connectivity index (χ1n) is 11.2. The number of allylic oxidation sites excluding steroid dienone is 4. The van der Waals surface area contributed by atoms with Crippen molar-refractivity contribution in [1.82, 2.24) is 9.97 Å². The van der Waals surface area contributed by atoms with Gasteiger partial charge in [-0.15, -0.1) is 0 Å². The van der Waals surface area contributed by atoms with Crippen LogP contribution in [0.2, 0.25) is 0 Å². The molecule has 0 saturated carbocycles. The molecule has 4 rings (SSSR count). The number of methoxy groups -OCH3 is 1. The molecular weight excluding hydrogens is 490 g/mol. The van der Waals surface area contributed by atoms with Gasteiger partial charge in [-0.2, -0.15) is 0 Å². The first-order chi connectivity index (χ1) is 17.1. The maximum Gasteiger partial charge on any atom is 0.160 e. The van der Waals surface area contributed by atoms with E-state index in [-0.39, 0.29) is 12.3 Å². The zero-order valence-electron chi connectivity index (χ0n) is 20.4. The SMILES string of the molecule is COc1cnc(N2C=CC=C(C(C)(C)O)C2Cl)cc1N1CC=C(OCc2ncc(F)cc2F)C=C1C. The van der Waals surface area contributed by atoms with Gasteiger partial charge in [-0.05, 0) is 44.6 Å². The largest absolute Gasteiger partial charge is 0.493 e. The van der Waals surface area contributed by atoms with Crippen molar-refractivity contribution < 1.29 is 23.4 Å². The lowest BCUT2D eigenvalue weighted by atomic mass is 9.95. The second-order valence-corrected chi connectivity index (χ2v) is 9.27. The smallest absolute Gasteiger partial charge is 0.160 e. The lowest BCUT2D eigenvalue weighted by Gasteiger charge is -2.35. The normalized spacial score (nSPS) is 18.0. The number of pyridine rings is 2. The van der Waals surface area contributed by atoms with Crippen molar-refractivity contribution in [3.05, 3.63) is 89.4 Å². The number of rotatable bonds is 7. The van der Waals surface area contributed by atoms with E-state index >= 15 is 0 Å². The number of nitrogens with zero attached hydrogens (tertiary/aromatic N) is 4. The Morgan fingerprint density at radius 2 is 2.00 bits per heavy atom.